The molecule has 2 heterocycles. The average molecular weight is 462 g/mol. The molecular formula is C25H23N3O2S2. The summed E-state index contributed by atoms with van der Waals surface area (Å²) < 4.78 is 1.54. The average Bonchev–Trinajstić information content (AvgIpc) is 3.26. The summed E-state index contributed by atoms with van der Waals surface area (Å²) in [5, 5.41) is 4.34. The van der Waals surface area contributed by atoms with Gasteiger partial charge in [0.05, 0.1) is 17.2 Å². The van der Waals surface area contributed by atoms with Crippen LogP contribution >= 0.6 is 23.1 Å². The molecular weight excluding hydrogens is 438 g/mol. The maximum atomic E-state index is 12.9. The third-order valence-corrected chi connectivity index (χ3v) is 7.93. The molecule has 1 N–H and O–H groups in total. The lowest BCUT2D eigenvalue weighted by molar-refractivity contribution is -0.119. The van der Waals surface area contributed by atoms with Crippen LogP contribution in [0.3, 0.4) is 0 Å². The number of carbonyl (C=O) groups is 1. The molecule has 2 aromatic heterocycles. The Balaban J connectivity index is 1.33. The van der Waals surface area contributed by atoms with Crippen molar-refractivity contribution in [2.75, 3.05) is 5.75 Å². The number of fused-ring (bicyclic) bond motifs is 2. The van der Waals surface area contributed by atoms with Gasteiger partial charge in [0.1, 0.15) is 4.83 Å². The maximum Gasteiger partial charge on any atom is 0.262 e. The number of carbonyl (C=O) groups excluding carboxylic acids is 1. The molecule has 0 radical (unpaired) electrons. The Morgan fingerprint density at radius 2 is 1.97 bits per heavy atom. The van der Waals surface area contributed by atoms with Gasteiger partial charge in [-0.2, -0.15) is 0 Å². The van der Waals surface area contributed by atoms with Crippen LogP contribution in [-0.4, -0.2) is 21.2 Å². The van der Waals surface area contributed by atoms with E-state index in [9.17, 15) is 9.59 Å². The van der Waals surface area contributed by atoms with Crippen LogP contribution < -0.4 is 10.9 Å². The Labute approximate surface area is 194 Å². The number of hydrogen-bond acceptors (Lipinski definition) is 5. The van der Waals surface area contributed by atoms with Gasteiger partial charge in [-0.15, -0.1) is 11.3 Å². The van der Waals surface area contributed by atoms with E-state index < -0.39 is 0 Å². The van der Waals surface area contributed by atoms with Crippen LogP contribution in [0.2, 0.25) is 0 Å². The van der Waals surface area contributed by atoms with Crippen molar-refractivity contribution >= 4 is 39.2 Å². The molecule has 32 heavy (non-hydrogen) atoms. The summed E-state index contributed by atoms with van der Waals surface area (Å²) in [7, 11) is 1.71. The van der Waals surface area contributed by atoms with Crippen LogP contribution in [0.15, 0.2) is 70.6 Å². The predicted octanol–water partition coefficient (Wildman–Crippen LogP) is 4.95. The zero-order chi connectivity index (χ0) is 22.1. The quantitative estimate of drug-likeness (QED) is 0.337. The molecule has 5 rings (SSSR count). The van der Waals surface area contributed by atoms with Gasteiger partial charge in [-0.1, -0.05) is 66.4 Å². The first-order valence-corrected chi connectivity index (χ1v) is 12.5. The zero-order valence-electron chi connectivity index (χ0n) is 17.7. The molecule has 0 bridgehead atoms. The third-order valence-electron chi connectivity index (χ3n) is 5.83. The van der Waals surface area contributed by atoms with Gasteiger partial charge in [0, 0.05) is 11.9 Å². The molecule has 1 amide bonds. The molecule has 4 aromatic rings. The number of nitrogens with zero attached hydrogens (tertiary/aromatic N) is 2. The van der Waals surface area contributed by atoms with E-state index in [4.69, 9.17) is 4.98 Å². The maximum absolute atomic E-state index is 12.9. The highest BCUT2D eigenvalue weighted by atomic mass is 32.2. The summed E-state index contributed by atoms with van der Waals surface area (Å²) in [5.74, 6) is 0.184. The Kier molecular flexibility index (Phi) is 5.85. The highest BCUT2D eigenvalue weighted by Gasteiger charge is 2.22. The van der Waals surface area contributed by atoms with Crippen LogP contribution in [0.25, 0.3) is 20.7 Å². The van der Waals surface area contributed by atoms with Crippen molar-refractivity contribution in [1.82, 2.24) is 14.9 Å². The number of nitrogens with one attached hydrogen (secondary N) is 1. The normalized spacial score (nSPS) is 15.5. The Morgan fingerprint density at radius 3 is 2.81 bits per heavy atom. The van der Waals surface area contributed by atoms with Crippen molar-refractivity contribution in [2.24, 2.45) is 7.05 Å². The second-order valence-corrected chi connectivity index (χ2v) is 9.93. The van der Waals surface area contributed by atoms with E-state index in [1.54, 1.807) is 7.05 Å². The molecule has 0 fully saturated rings. The van der Waals surface area contributed by atoms with Gasteiger partial charge in [0.2, 0.25) is 5.91 Å². The molecule has 0 saturated heterocycles. The van der Waals surface area contributed by atoms with Crippen LogP contribution in [0.1, 0.15) is 30.0 Å². The molecule has 1 aliphatic carbocycles. The number of aryl methyl sites for hydroxylation is 1. The zero-order valence-corrected chi connectivity index (χ0v) is 19.3. The number of thiophene rings is 1. The summed E-state index contributed by atoms with van der Waals surface area (Å²) in [6.07, 6.45) is 3.09. The monoisotopic (exact) mass is 461 g/mol. The van der Waals surface area contributed by atoms with Gasteiger partial charge in [-0.25, -0.2) is 4.98 Å². The molecule has 7 heteroatoms. The first-order valence-electron chi connectivity index (χ1n) is 10.7. The van der Waals surface area contributed by atoms with Gasteiger partial charge < -0.3 is 5.32 Å². The minimum atomic E-state index is -0.0856. The van der Waals surface area contributed by atoms with Crippen molar-refractivity contribution in [3.63, 3.8) is 0 Å². The molecule has 1 unspecified atom stereocenters. The summed E-state index contributed by atoms with van der Waals surface area (Å²) >= 11 is 2.81. The van der Waals surface area contributed by atoms with Gasteiger partial charge >= 0.3 is 0 Å². The van der Waals surface area contributed by atoms with Gasteiger partial charge in [-0.05, 0) is 42.0 Å². The first-order chi connectivity index (χ1) is 15.6. The van der Waals surface area contributed by atoms with Crippen LogP contribution in [0.4, 0.5) is 0 Å². The molecule has 162 valence electrons. The molecule has 0 aliphatic heterocycles. The lowest BCUT2D eigenvalue weighted by Crippen LogP contribution is -2.32. The van der Waals surface area contributed by atoms with Crippen molar-refractivity contribution < 1.29 is 4.79 Å². The number of rotatable bonds is 5. The topological polar surface area (TPSA) is 64.0 Å². The predicted molar refractivity (Wildman–Crippen MR) is 131 cm³/mol. The molecule has 0 spiro atoms. The van der Waals surface area contributed by atoms with Crippen molar-refractivity contribution in [1.29, 1.82) is 0 Å². The van der Waals surface area contributed by atoms with E-state index in [-0.39, 0.29) is 23.3 Å². The Hall–Kier alpha value is -2.90. The SMILES string of the molecule is Cn1c(SCC(=O)NC2CCCc3ccccc32)nc2sc(-c3ccccc3)cc2c1=O. The van der Waals surface area contributed by atoms with Crippen LogP contribution in [0, 0.1) is 0 Å². The highest BCUT2D eigenvalue weighted by Crippen LogP contribution is 2.32. The fourth-order valence-electron chi connectivity index (χ4n) is 4.19. The van der Waals surface area contributed by atoms with E-state index in [1.807, 2.05) is 42.5 Å². The summed E-state index contributed by atoms with van der Waals surface area (Å²) in [5.41, 5.74) is 3.52. The van der Waals surface area contributed by atoms with Crippen molar-refractivity contribution in [3.8, 4) is 10.4 Å². The van der Waals surface area contributed by atoms with Crippen LogP contribution in [-0.2, 0) is 18.3 Å². The Bertz CT molecular complexity index is 1340. The molecule has 5 nitrogen and oxygen atoms in total. The largest absolute Gasteiger partial charge is 0.349 e. The van der Waals surface area contributed by atoms with Gasteiger partial charge in [-0.3, -0.25) is 14.2 Å². The van der Waals surface area contributed by atoms with E-state index in [1.165, 1.54) is 38.8 Å². The number of hydrogen-bond donors (Lipinski definition) is 1. The Morgan fingerprint density at radius 1 is 1.19 bits per heavy atom. The number of amides is 1. The van der Waals surface area contributed by atoms with Crippen molar-refractivity contribution in [2.45, 2.75) is 30.5 Å². The summed E-state index contributed by atoms with van der Waals surface area (Å²) in [4.78, 5) is 32.0. The smallest absolute Gasteiger partial charge is 0.262 e. The molecule has 1 aliphatic rings. The number of benzene rings is 2. The number of thioether (sulfide) groups is 1. The summed E-state index contributed by atoms with van der Waals surface area (Å²) in [6, 6.07) is 20.3. The van der Waals surface area contributed by atoms with E-state index >= 15 is 0 Å². The third kappa shape index (κ3) is 4.10. The minimum absolute atomic E-state index is 0.0396. The minimum Gasteiger partial charge on any atom is -0.349 e. The van der Waals surface area contributed by atoms with Gasteiger partial charge in [0.15, 0.2) is 5.16 Å². The fraction of sp³-hybridized carbons (Fsp3) is 0.240. The number of aromatic nitrogens is 2. The highest BCUT2D eigenvalue weighted by molar-refractivity contribution is 7.99. The second kappa shape index (κ2) is 8.92. The van der Waals surface area contributed by atoms with E-state index in [0.29, 0.717) is 15.4 Å². The standard InChI is InChI=1S/C25H23N3O2S2/c1-28-24(30)19-14-21(17-9-3-2-4-10-17)32-23(19)27-25(28)31-15-22(29)26-20-13-7-11-16-8-5-6-12-18(16)20/h2-6,8-10,12,14,20H,7,11,13,15H2,1H3,(H,26,29). The van der Waals surface area contributed by atoms with Crippen LogP contribution in [0.5, 0.6) is 0 Å². The fourth-order valence-corrected chi connectivity index (χ4v) is 6.05. The second-order valence-electron chi connectivity index (χ2n) is 7.95. The summed E-state index contributed by atoms with van der Waals surface area (Å²) in [6.45, 7) is 0. The molecule has 2 aromatic carbocycles. The molecule has 0 saturated carbocycles. The lowest BCUT2D eigenvalue weighted by Gasteiger charge is -2.26. The lowest BCUT2D eigenvalue weighted by atomic mass is 9.88. The van der Waals surface area contributed by atoms with Gasteiger partial charge in [0.25, 0.3) is 5.56 Å². The first kappa shape index (κ1) is 21.0. The molecule has 1 atom stereocenters. The van der Waals surface area contributed by atoms with E-state index in [0.717, 1.165) is 29.7 Å². The van der Waals surface area contributed by atoms with E-state index in [2.05, 4.69) is 23.5 Å². The van der Waals surface area contributed by atoms with Crippen molar-refractivity contribution in [3.05, 3.63) is 82.1 Å².